The van der Waals surface area contributed by atoms with Crippen LogP contribution in [0.3, 0.4) is 0 Å². The second kappa shape index (κ2) is 7.51. The molecule has 0 bridgehead atoms. The van der Waals surface area contributed by atoms with Gasteiger partial charge in [-0.25, -0.2) is 15.0 Å². The maximum absolute atomic E-state index is 13.0. The van der Waals surface area contributed by atoms with Crippen molar-refractivity contribution < 1.29 is 9.90 Å². The summed E-state index contributed by atoms with van der Waals surface area (Å²) in [6, 6.07) is 1.84. The topological polar surface area (TPSA) is 102 Å². The molecular weight excluding hydrogens is 358 g/mol. The molecule has 1 amide bonds. The molecule has 9 heteroatoms. The maximum Gasteiger partial charge on any atom is 0.257 e. The Kier molecular flexibility index (Phi) is 4.91. The number of hydrogen-bond donors (Lipinski definition) is 1. The van der Waals surface area contributed by atoms with Crippen LogP contribution in [-0.4, -0.2) is 51.8 Å². The van der Waals surface area contributed by atoms with Crippen LogP contribution in [0.25, 0.3) is 0 Å². The number of aliphatic hydroxyl groups is 1. The Balaban J connectivity index is 1.55. The molecule has 1 aliphatic heterocycles. The standard InChI is InChI=1S/C19H23N7O2/c1-3-4-15-14(10-20-12-22-15)19(28)25-7-8-26-13(11-25)9-16(23-26)17(27)18-21-5-6-24(18)2/h5-6,9-10,12,17,27H,3-4,7-8,11H2,1-2H3/t17-/m1/s1. The molecule has 1 atom stereocenters. The van der Waals surface area contributed by atoms with Crippen LogP contribution in [0, 0.1) is 0 Å². The van der Waals surface area contributed by atoms with E-state index in [2.05, 4.69) is 27.0 Å². The van der Waals surface area contributed by atoms with Crippen molar-refractivity contribution in [2.45, 2.75) is 39.0 Å². The maximum atomic E-state index is 13.0. The van der Waals surface area contributed by atoms with Crippen LogP contribution in [0.2, 0.25) is 0 Å². The highest BCUT2D eigenvalue weighted by Gasteiger charge is 2.27. The molecule has 3 aromatic rings. The molecule has 1 aliphatic rings. The smallest absolute Gasteiger partial charge is 0.257 e. The fourth-order valence-corrected chi connectivity index (χ4v) is 3.51. The lowest BCUT2D eigenvalue weighted by molar-refractivity contribution is 0.0703. The minimum absolute atomic E-state index is 0.0669. The summed E-state index contributed by atoms with van der Waals surface area (Å²) >= 11 is 0. The quantitative estimate of drug-likeness (QED) is 0.710. The van der Waals surface area contributed by atoms with E-state index in [9.17, 15) is 9.90 Å². The summed E-state index contributed by atoms with van der Waals surface area (Å²) in [7, 11) is 1.83. The van der Waals surface area contributed by atoms with Gasteiger partial charge in [-0.05, 0) is 12.5 Å². The van der Waals surface area contributed by atoms with Crippen molar-refractivity contribution in [3.05, 3.63) is 59.5 Å². The van der Waals surface area contributed by atoms with Crippen LogP contribution in [-0.2, 0) is 26.6 Å². The van der Waals surface area contributed by atoms with Gasteiger partial charge in [-0.1, -0.05) is 13.3 Å². The van der Waals surface area contributed by atoms with Gasteiger partial charge in [0.2, 0.25) is 0 Å². The van der Waals surface area contributed by atoms with Crippen molar-refractivity contribution in [2.24, 2.45) is 7.05 Å². The fraction of sp³-hybridized carbons (Fsp3) is 0.421. The summed E-state index contributed by atoms with van der Waals surface area (Å²) in [6.07, 6.45) is 7.27. The van der Waals surface area contributed by atoms with Crippen LogP contribution in [0.1, 0.15) is 52.7 Å². The molecule has 0 saturated carbocycles. The lowest BCUT2D eigenvalue weighted by atomic mass is 10.1. The normalized spacial score (nSPS) is 14.8. The first-order valence-corrected chi connectivity index (χ1v) is 9.38. The lowest BCUT2D eigenvalue weighted by Crippen LogP contribution is -2.39. The average Bonchev–Trinajstić information content (AvgIpc) is 3.33. The number of hydrogen-bond acceptors (Lipinski definition) is 6. The molecule has 0 spiro atoms. The predicted octanol–water partition coefficient (Wildman–Crippen LogP) is 1.10. The van der Waals surface area contributed by atoms with Gasteiger partial charge in [0.15, 0.2) is 6.10 Å². The minimum Gasteiger partial charge on any atom is -0.379 e. The number of nitrogens with zero attached hydrogens (tertiary/aromatic N) is 7. The molecule has 0 saturated heterocycles. The fourth-order valence-electron chi connectivity index (χ4n) is 3.51. The number of fused-ring (bicyclic) bond motifs is 1. The third kappa shape index (κ3) is 3.29. The van der Waals surface area contributed by atoms with Gasteiger partial charge in [-0.3, -0.25) is 9.48 Å². The molecule has 3 aromatic heterocycles. The first-order chi connectivity index (χ1) is 13.6. The van der Waals surface area contributed by atoms with E-state index in [1.54, 1.807) is 28.1 Å². The predicted molar refractivity (Wildman–Crippen MR) is 100 cm³/mol. The third-order valence-corrected chi connectivity index (χ3v) is 5.00. The molecule has 1 N–H and O–H groups in total. The molecule has 0 radical (unpaired) electrons. The van der Waals surface area contributed by atoms with Crippen molar-refractivity contribution in [2.75, 3.05) is 6.54 Å². The van der Waals surface area contributed by atoms with Crippen molar-refractivity contribution in [3.8, 4) is 0 Å². The molecule has 0 unspecified atom stereocenters. The largest absolute Gasteiger partial charge is 0.379 e. The van der Waals surface area contributed by atoms with E-state index in [1.165, 1.54) is 6.33 Å². The first-order valence-electron chi connectivity index (χ1n) is 9.38. The Bertz CT molecular complexity index is 994. The average molecular weight is 381 g/mol. The summed E-state index contributed by atoms with van der Waals surface area (Å²) in [5, 5.41) is 15.1. The molecule has 4 heterocycles. The van der Waals surface area contributed by atoms with Gasteiger partial charge in [0.1, 0.15) is 12.2 Å². The zero-order chi connectivity index (χ0) is 19.7. The van der Waals surface area contributed by atoms with Crippen LogP contribution in [0.4, 0.5) is 0 Å². The molecule has 0 aliphatic carbocycles. The Labute approximate surface area is 162 Å². The van der Waals surface area contributed by atoms with E-state index in [0.717, 1.165) is 24.2 Å². The van der Waals surface area contributed by atoms with E-state index >= 15 is 0 Å². The second-order valence-corrected chi connectivity index (χ2v) is 6.94. The van der Waals surface area contributed by atoms with E-state index in [1.807, 2.05) is 17.8 Å². The highest BCUT2D eigenvalue weighted by molar-refractivity contribution is 5.95. The Morgan fingerprint density at radius 2 is 2.18 bits per heavy atom. The van der Waals surface area contributed by atoms with Gasteiger partial charge < -0.3 is 14.6 Å². The number of imidazole rings is 1. The van der Waals surface area contributed by atoms with Gasteiger partial charge >= 0.3 is 0 Å². The second-order valence-electron chi connectivity index (χ2n) is 6.94. The van der Waals surface area contributed by atoms with Gasteiger partial charge in [0.25, 0.3) is 5.91 Å². The van der Waals surface area contributed by atoms with Crippen LogP contribution >= 0.6 is 0 Å². The number of amides is 1. The first kappa shape index (κ1) is 18.3. The van der Waals surface area contributed by atoms with Crippen LogP contribution in [0.15, 0.2) is 31.0 Å². The van der Waals surface area contributed by atoms with Gasteiger partial charge in [-0.15, -0.1) is 0 Å². The molecule has 28 heavy (non-hydrogen) atoms. The van der Waals surface area contributed by atoms with Crippen LogP contribution < -0.4 is 0 Å². The molecule has 0 aromatic carbocycles. The Morgan fingerprint density at radius 1 is 1.32 bits per heavy atom. The molecule has 0 fully saturated rings. The van der Waals surface area contributed by atoms with Crippen molar-refractivity contribution in [1.82, 2.24) is 34.2 Å². The summed E-state index contributed by atoms with van der Waals surface area (Å²) in [4.78, 5) is 27.3. The van der Waals surface area contributed by atoms with E-state index in [-0.39, 0.29) is 5.91 Å². The van der Waals surface area contributed by atoms with Crippen molar-refractivity contribution in [3.63, 3.8) is 0 Å². The number of aryl methyl sites for hydroxylation is 2. The minimum atomic E-state index is -0.902. The van der Waals surface area contributed by atoms with E-state index < -0.39 is 6.10 Å². The zero-order valence-corrected chi connectivity index (χ0v) is 16.0. The Hall–Kier alpha value is -3.07. The molecular formula is C19H23N7O2. The SMILES string of the molecule is CCCc1ncncc1C(=O)N1CCn2nc([C@@H](O)c3nccn3C)cc2C1. The third-order valence-electron chi connectivity index (χ3n) is 5.00. The summed E-state index contributed by atoms with van der Waals surface area (Å²) in [5.74, 6) is 0.469. The lowest BCUT2D eigenvalue weighted by Gasteiger charge is -2.28. The molecule has 4 rings (SSSR count). The Morgan fingerprint density at radius 3 is 2.93 bits per heavy atom. The van der Waals surface area contributed by atoms with Gasteiger partial charge in [-0.2, -0.15) is 5.10 Å². The number of rotatable bonds is 5. The highest BCUT2D eigenvalue weighted by Crippen LogP contribution is 2.23. The summed E-state index contributed by atoms with van der Waals surface area (Å²) in [6.45, 7) is 3.61. The molecule has 146 valence electrons. The number of aliphatic hydroxyl groups excluding tert-OH is 1. The number of carbonyl (C=O) groups excluding carboxylic acids is 1. The van der Waals surface area contributed by atoms with E-state index in [0.29, 0.717) is 36.7 Å². The van der Waals surface area contributed by atoms with Gasteiger partial charge in [0.05, 0.1) is 35.7 Å². The van der Waals surface area contributed by atoms with Gasteiger partial charge in [0, 0.05) is 32.2 Å². The monoisotopic (exact) mass is 381 g/mol. The summed E-state index contributed by atoms with van der Waals surface area (Å²) in [5.41, 5.74) is 2.77. The van der Waals surface area contributed by atoms with E-state index in [4.69, 9.17) is 0 Å². The number of aromatic nitrogens is 6. The van der Waals surface area contributed by atoms with Crippen molar-refractivity contribution in [1.29, 1.82) is 0 Å². The van der Waals surface area contributed by atoms with Crippen molar-refractivity contribution >= 4 is 5.91 Å². The number of carbonyl (C=O) groups is 1. The van der Waals surface area contributed by atoms with Crippen LogP contribution in [0.5, 0.6) is 0 Å². The molecule has 9 nitrogen and oxygen atoms in total. The summed E-state index contributed by atoms with van der Waals surface area (Å²) < 4.78 is 3.61. The highest BCUT2D eigenvalue weighted by atomic mass is 16.3. The zero-order valence-electron chi connectivity index (χ0n) is 16.0.